The summed E-state index contributed by atoms with van der Waals surface area (Å²) in [6, 6.07) is 8.87. The standard InChI is InChI=1S/C23H22N6O3S/c30-18-5-4-15(13-26-18)6-8-25-22(31)16-14-33-23-19(16)21(29-9-11-32-12-10-29)27-20(28-23)17-3-1-2-7-24-17/h1-5,7,13-14H,6,8-12H2,(H,25,31)(H,26,30). The molecule has 5 rings (SSSR count). The van der Waals surface area contributed by atoms with Crippen LogP contribution in [0, 0.1) is 0 Å². The molecule has 0 radical (unpaired) electrons. The molecular weight excluding hydrogens is 440 g/mol. The van der Waals surface area contributed by atoms with E-state index in [0.29, 0.717) is 56.4 Å². The van der Waals surface area contributed by atoms with Crippen LogP contribution in [0.25, 0.3) is 21.7 Å². The number of pyridine rings is 2. The molecule has 168 valence electrons. The maximum absolute atomic E-state index is 13.1. The Morgan fingerprint density at radius 1 is 1.18 bits per heavy atom. The number of ether oxygens (including phenoxy) is 1. The van der Waals surface area contributed by atoms with Gasteiger partial charge < -0.3 is 19.9 Å². The van der Waals surface area contributed by atoms with E-state index in [9.17, 15) is 9.59 Å². The average Bonchev–Trinajstić information content (AvgIpc) is 3.30. The Hall–Kier alpha value is -3.63. The number of nitrogens with zero attached hydrogens (tertiary/aromatic N) is 4. The van der Waals surface area contributed by atoms with E-state index in [1.54, 1.807) is 18.5 Å². The molecular formula is C23H22N6O3S. The highest BCUT2D eigenvalue weighted by molar-refractivity contribution is 7.17. The summed E-state index contributed by atoms with van der Waals surface area (Å²) in [4.78, 5) is 43.8. The van der Waals surface area contributed by atoms with Crippen LogP contribution in [0.4, 0.5) is 5.82 Å². The molecule has 1 aliphatic heterocycles. The number of morpholine rings is 1. The average molecular weight is 463 g/mol. The Morgan fingerprint density at radius 3 is 2.82 bits per heavy atom. The fourth-order valence-corrected chi connectivity index (χ4v) is 4.63. The maximum atomic E-state index is 13.1. The van der Waals surface area contributed by atoms with Crippen molar-refractivity contribution in [2.24, 2.45) is 0 Å². The number of carbonyl (C=O) groups is 1. The number of aromatic nitrogens is 4. The number of amides is 1. The van der Waals surface area contributed by atoms with Gasteiger partial charge in [0.2, 0.25) is 5.56 Å². The molecule has 0 aromatic carbocycles. The number of fused-ring (bicyclic) bond motifs is 1. The lowest BCUT2D eigenvalue weighted by Gasteiger charge is -2.28. The minimum Gasteiger partial charge on any atom is -0.378 e. The largest absolute Gasteiger partial charge is 0.378 e. The topological polar surface area (TPSA) is 113 Å². The smallest absolute Gasteiger partial charge is 0.252 e. The fraction of sp³-hybridized carbons (Fsp3) is 0.261. The van der Waals surface area contributed by atoms with Gasteiger partial charge in [-0.25, -0.2) is 9.97 Å². The third-order valence-corrected chi connectivity index (χ3v) is 6.28. The van der Waals surface area contributed by atoms with Crippen LogP contribution in [0.3, 0.4) is 0 Å². The van der Waals surface area contributed by atoms with Crippen LogP contribution >= 0.6 is 11.3 Å². The number of thiophene rings is 1. The van der Waals surface area contributed by atoms with Gasteiger partial charge >= 0.3 is 0 Å². The summed E-state index contributed by atoms with van der Waals surface area (Å²) >= 11 is 1.42. The summed E-state index contributed by atoms with van der Waals surface area (Å²) in [5, 5.41) is 5.57. The van der Waals surface area contributed by atoms with Crippen LogP contribution in [-0.2, 0) is 11.2 Å². The summed E-state index contributed by atoms with van der Waals surface area (Å²) in [5.74, 6) is 1.10. The monoisotopic (exact) mass is 462 g/mol. The number of carbonyl (C=O) groups excluding carboxylic acids is 1. The van der Waals surface area contributed by atoms with E-state index < -0.39 is 0 Å². The molecule has 1 saturated heterocycles. The van der Waals surface area contributed by atoms with Crippen LogP contribution in [0.2, 0.25) is 0 Å². The summed E-state index contributed by atoms with van der Waals surface area (Å²) in [6.07, 6.45) is 3.99. The normalized spacial score (nSPS) is 13.9. The molecule has 9 nitrogen and oxygen atoms in total. The summed E-state index contributed by atoms with van der Waals surface area (Å²) < 4.78 is 5.51. The van der Waals surface area contributed by atoms with Gasteiger partial charge in [-0.05, 0) is 24.1 Å². The van der Waals surface area contributed by atoms with Crippen molar-refractivity contribution in [2.75, 3.05) is 37.7 Å². The van der Waals surface area contributed by atoms with Gasteiger partial charge in [0, 0.05) is 43.5 Å². The number of rotatable bonds is 6. The van der Waals surface area contributed by atoms with Crippen molar-refractivity contribution in [2.45, 2.75) is 6.42 Å². The minimum atomic E-state index is -0.172. The van der Waals surface area contributed by atoms with Crippen LogP contribution in [0.5, 0.6) is 0 Å². The zero-order valence-electron chi connectivity index (χ0n) is 17.8. The maximum Gasteiger partial charge on any atom is 0.252 e. The van der Waals surface area contributed by atoms with Gasteiger partial charge in [0.1, 0.15) is 16.3 Å². The lowest BCUT2D eigenvalue weighted by Crippen LogP contribution is -2.37. The van der Waals surface area contributed by atoms with Crippen molar-refractivity contribution >= 4 is 33.3 Å². The molecule has 0 aliphatic carbocycles. The number of anilines is 1. The highest BCUT2D eigenvalue weighted by Gasteiger charge is 2.24. The molecule has 2 N–H and O–H groups in total. The Labute approximate surface area is 193 Å². The molecule has 0 unspecified atom stereocenters. The van der Waals surface area contributed by atoms with Crippen LogP contribution < -0.4 is 15.8 Å². The van der Waals surface area contributed by atoms with E-state index in [4.69, 9.17) is 14.7 Å². The predicted molar refractivity (Wildman–Crippen MR) is 127 cm³/mol. The molecule has 10 heteroatoms. The van der Waals surface area contributed by atoms with Crippen LogP contribution in [0.15, 0.2) is 52.9 Å². The number of aromatic amines is 1. The van der Waals surface area contributed by atoms with Crippen molar-refractivity contribution in [3.8, 4) is 11.5 Å². The minimum absolute atomic E-state index is 0.145. The molecule has 0 bridgehead atoms. The highest BCUT2D eigenvalue weighted by atomic mass is 32.1. The summed E-state index contributed by atoms with van der Waals surface area (Å²) in [5.41, 5.74) is 2.05. The van der Waals surface area contributed by atoms with E-state index in [0.717, 1.165) is 21.6 Å². The fourth-order valence-electron chi connectivity index (χ4n) is 3.72. The molecule has 33 heavy (non-hydrogen) atoms. The molecule has 0 saturated carbocycles. The molecule has 4 aromatic heterocycles. The first-order valence-electron chi connectivity index (χ1n) is 10.7. The van der Waals surface area contributed by atoms with E-state index in [2.05, 4.69) is 20.2 Å². The molecule has 5 heterocycles. The molecule has 0 spiro atoms. The summed E-state index contributed by atoms with van der Waals surface area (Å²) in [7, 11) is 0. The van der Waals surface area contributed by atoms with Gasteiger partial charge in [0.15, 0.2) is 5.82 Å². The van der Waals surface area contributed by atoms with Crippen molar-refractivity contribution in [1.82, 2.24) is 25.3 Å². The van der Waals surface area contributed by atoms with Gasteiger partial charge in [-0.2, -0.15) is 0 Å². The van der Waals surface area contributed by atoms with Crippen LogP contribution in [0.1, 0.15) is 15.9 Å². The summed E-state index contributed by atoms with van der Waals surface area (Å²) in [6.45, 7) is 3.04. The first-order chi connectivity index (χ1) is 16.2. The molecule has 4 aromatic rings. The number of hydrogen-bond acceptors (Lipinski definition) is 8. The third-order valence-electron chi connectivity index (χ3n) is 5.41. The van der Waals surface area contributed by atoms with Gasteiger partial charge in [0.05, 0.1) is 24.2 Å². The SMILES string of the molecule is O=C(NCCc1ccc(=O)[nH]c1)c1csc2nc(-c3ccccn3)nc(N3CCOCC3)c12. The number of nitrogens with one attached hydrogen (secondary N) is 2. The van der Waals surface area contributed by atoms with Gasteiger partial charge in [0.25, 0.3) is 5.91 Å². The van der Waals surface area contributed by atoms with E-state index in [1.807, 2.05) is 23.6 Å². The van der Waals surface area contributed by atoms with E-state index in [1.165, 1.54) is 17.4 Å². The van der Waals surface area contributed by atoms with Crippen molar-refractivity contribution in [3.05, 3.63) is 69.6 Å². The Bertz CT molecular complexity index is 1310. The van der Waals surface area contributed by atoms with E-state index >= 15 is 0 Å². The second-order valence-electron chi connectivity index (χ2n) is 7.58. The van der Waals surface area contributed by atoms with Crippen LogP contribution in [-0.4, -0.2) is 58.7 Å². The predicted octanol–water partition coefficient (Wildman–Crippen LogP) is 2.25. The highest BCUT2D eigenvalue weighted by Crippen LogP contribution is 2.34. The zero-order chi connectivity index (χ0) is 22.6. The number of H-pyrrole nitrogens is 1. The Morgan fingerprint density at radius 2 is 2.06 bits per heavy atom. The van der Waals surface area contributed by atoms with Crippen molar-refractivity contribution < 1.29 is 9.53 Å². The molecule has 0 atom stereocenters. The Kier molecular flexibility index (Phi) is 6.09. The zero-order valence-corrected chi connectivity index (χ0v) is 18.6. The molecule has 1 amide bonds. The first-order valence-corrected chi connectivity index (χ1v) is 11.6. The first kappa shape index (κ1) is 21.2. The van der Waals surface area contributed by atoms with Gasteiger partial charge in [-0.15, -0.1) is 11.3 Å². The van der Waals surface area contributed by atoms with Gasteiger partial charge in [-0.3, -0.25) is 14.6 Å². The Balaban J connectivity index is 1.45. The second kappa shape index (κ2) is 9.47. The van der Waals surface area contributed by atoms with Crippen molar-refractivity contribution in [1.29, 1.82) is 0 Å². The third kappa shape index (κ3) is 4.62. The molecule has 1 aliphatic rings. The van der Waals surface area contributed by atoms with E-state index in [-0.39, 0.29) is 11.5 Å². The van der Waals surface area contributed by atoms with Gasteiger partial charge in [-0.1, -0.05) is 12.1 Å². The number of hydrogen-bond donors (Lipinski definition) is 2. The second-order valence-corrected chi connectivity index (χ2v) is 8.44. The van der Waals surface area contributed by atoms with Crippen molar-refractivity contribution in [3.63, 3.8) is 0 Å². The molecule has 1 fully saturated rings. The quantitative estimate of drug-likeness (QED) is 0.452. The lowest BCUT2D eigenvalue weighted by atomic mass is 10.1. The lowest BCUT2D eigenvalue weighted by molar-refractivity contribution is 0.0956.